The summed E-state index contributed by atoms with van der Waals surface area (Å²) in [5.74, 6) is 1.64. The van der Waals surface area contributed by atoms with Crippen LogP contribution in [0.1, 0.15) is 32.2 Å². The molecule has 21 heavy (non-hydrogen) atoms. The molecule has 0 saturated carbocycles. The summed E-state index contributed by atoms with van der Waals surface area (Å²) in [6.45, 7) is 6.78. The molecule has 2 rings (SSSR count). The topological polar surface area (TPSA) is 63.8 Å². The second-order valence-electron chi connectivity index (χ2n) is 6.06. The number of nitrogen functional groups attached to an aromatic ring is 1. The van der Waals surface area contributed by atoms with E-state index >= 15 is 0 Å². The molecule has 0 aliphatic carbocycles. The van der Waals surface area contributed by atoms with Gasteiger partial charge in [0.1, 0.15) is 23.3 Å². The summed E-state index contributed by atoms with van der Waals surface area (Å²) in [4.78, 5) is 8.74. The van der Waals surface area contributed by atoms with E-state index in [1.54, 1.807) is 12.1 Å². The molecule has 0 saturated heterocycles. The van der Waals surface area contributed by atoms with Crippen LogP contribution in [0.2, 0.25) is 0 Å². The second-order valence-corrected chi connectivity index (χ2v) is 6.06. The Morgan fingerprint density at radius 3 is 2.62 bits per heavy atom. The fourth-order valence-corrected chi connectivity index (χ4v) is 1.92. The molecule has 0 aliphatic heterocycles. The molecule has 2 aromatic rings. The number of nitrogens with zero attached hydrogens (tertiary/aromatic N) is 2. The quantitative estimate of drug-likeness (QED) is 0.907. The zero-order chi connectivity index (χ0) is 15.5. The third-order valence-electron chi connectivity index (χ3n) is 3.03. The van der Waals surface area contributed by atoms with Crippen LogP contribution in [0.3, 0.4) is 0 Å². The van der Waals surface area contributed by atoms with Crippen molar-refractivity contribution in [3.63, 3.8) is 0 Å². The number of benzene rings is 1. The maximum absolute atomic E-state index is 13.1. The SMILES string of the molecule is CC(C)(C)c1nc(N)cc(NCCc2cccc(F)c2)n1. The standard InChI is InChI=1S/C16H21FN4/c1-16(2,3)15-20-13(18)10-14(21-15)19-8-7-11-5-4-6-12(17)9-11/h4-6,9-10H,7-8H2,1-3H3,(H3,18,19,20,21). The smallest absolute Gasteiger partial charge is 0.138 e. The van der Waals surface area contributed by atoms with Crippen molar-refractivity contribution in [1.82, 2.24) is 9.97 Å². The second kappa shape index (κ2) is 6.08. The molecule has 0 atom stereocenters. The third-order valence-corrected chi connectivity index (χ3v) is 3.03. The van der Waals surface area contributed by atoms with Gasteiger partial charge in [0, 0.05) is 18.0 Å². The number of anilines is 2. The van der Waals surface area contributed by atoms with Gasteiger partial charge in [0.05, 0.1) is 0 Å². The highest BCUT2D eigenvalue weighted by Crippen LogP contribution is 2.21. The highest BCUT2D eigenvalue weighted by Gasteiger charge is 2.18. The van der Waals surface area contributed by atoms with Crippen LogP contribution in [0.15, 0.2) is 30.3 Å². The summed E-state index contributed by atoms with van der Waals surface area (Å²) in [5.41, 5.74) is 6.60. The lowest BCUT2D eigenvalue weighted by molar-refractivity contribution is 0.547. The van der Waals surface area contributed by atoms with Gasteiger partial charge in [-0.15, -0.1) is 0 Å². The van der Waals surface area contributed by atoms with Crippen molar-refractivity contribution in [2.45, 2.75) is 32.6 Å². The maximum atomic E-state index is 13.1. The van der Waals surface area contributed by atoms with Gasteiger partial charge in [-0.3, -0.25) is 0 Å². The molecule has 0 aliphatic rings. The zero-order valence-electron chi connectivity index (χ0n) is 12.7. The van der Waals surface area contributed by atoms with Gasteiger partial charge in [-0.1, -0.05) is 32.9 Å². The van der Waals surface area contributed by atoms with Crippen LogP contribution < -0.4 is 11.1 Å². The highest BCUT2D eigenvalue weighted by atomic mass is 19.1. The predicted octanol–water partition coefficient (Wildman–Crippen LogP) is 3.15. The van der Waals surface area contributed by atoms with Crippen LogP contribution in [0.25, 0.3) is 0 Å². The molecule has 0 bridgehead atoms. The Kier molecular flexibility index (Phi) is 4.40. The van der Waals surface area contributed by atoms with Gasteiger partial charge in [-0.2, -0.15) is 0 Å². The summed E-state index contributed by atoms with van der Waals surface area (Å²) in [7, 11) is 0. The Hall–Kier alpha value is -2.17. The van der Waals surface area contributed by atoms with Crippen molar-refractivity contribution in [2.75, 3.05) is 17.6 Å². The lowest BCUT2D eigenvalue weighted by Gasteiger charge is -2.18. The molecular formula is C16H21FN4. The minimum Gasteiger partial charge on any atom is -0.384 e. The number of aromatic nitrogens is 2. The Balaban J connectivity index is 2.02. The van der Waals surface area contributed by atoms with Gasteiger partial charge in [-0.25, -0.2) is 14.4 Å². The Labute approximate surface area is 124 Å². The van der Waals surface area contributed by atoms with Crippen molar-refractivity contribution in [1.29, 1.82) is 0 Å². The molecule has 1 aromatic carbocycles. The molecule has 4 nitrogen and oxygen atoms in total. The molecule has 1 aromatic heterocycles. The summed E-state index contributed by atoms with van der Waals surface area (Å²) in [6, 6.07) is 8.31. The number of halogens is 1. The first-order chi connectivity index (χ1) is 9.84. The van der Waals surface area contributed by atoms with Crippen LogP contribution in [0.5, 0.6) is 0 Å². The van der Waals surface area contributed by atoms with Gasteiger partial charge in [0.25, 0.3) is 0 Å². The van der Waals surface area contributed by atoms with E-state index in [2.05, 4.69) is 15.3 Å². The van der Waals surface area contributed by atoms with Crippen molar-refractivity contribution in [2.24, 2.45) is 0 Å². The minimum atomic E-state index is -0.214. The van der Waals surface area contributed by atoms with Gasteiger partial charge in [0.15, 0.2) is 0 Å². The molecule has 0 radical (unpaired) electrons. The van der Waals surface area contributed by atoms with Crippen LogP contribution in [-0.2, 0) is 11.8 Å². The average Bonchev–Trinajstić information content (AvgIpc) is 2.37. The van der Waals surface area contributed by atoms with E-state index in [4.69, 9.17) is 5.73 Å². The third kappa shape index (κ3) is 4.41. The Bertz CT molecular complexity index is 620. The number of hydrogen-bond acceptors (Lipinski definition) is 4. The highest BCUT2D eigenvalue weighted by molar-refractivity contribution is 5.45. The summed E-state index contributed by atoms with van der Waals surface area (Å²) >= 11 is 0. The molecule has 0 spiro atoms. The number of hydrogen-bond donors (Lipinski definition) is 2. The van der Waals surface area contributed by atoms with Crippen LogP contribution >= 0.6 is 0 Å². The fourth-order valence-electron chi connectivity index (χ4n) is 1.92. The van der Waals surface area contributed by atoms with E-state index in [-0.39, 0.29) is 11.2 Å². The Morgan fingerprint density at radius 1 is 1.19 bits per heavy atom. The average molecular weight is 288 g/mol. The molecule has 0 unspecified atom stereocenters. The van der Waals surface area contributed by atoms with Crippen LogP contribution in [0, 0.1) is 5.82 Å². The summed E-state index contributed by atoms with van der Waals surface area (Å²) in [6.07, 6.45) is 0.715. The largest absolute Gasteiger partial charge is 0.384 e. The summed E-state index contributed by atoms with van der Waals surface area (Å²) < 4.78 is 13.1. The molecule has 0 fully saturated rings. The van der Waals surface area contributed by atoms with E-state index in [0.717, 1.165) is 5.56 Å². The van der Waals surface area contributed by atoms with Gasteiger partial charge < -0.3 is 11.1 Å². The van der Waals surface area contributed by atoms with Crippen LogP contribution in [0.4, 0.5) is 16.0 Å². The Morgan fingerprint density at radius 2 is 1.95 bits per heavy atom. The van der Waals surface area contributed by atoms with Gasteiger partial charge >= 0.3 is 0 Å². The zero-order valence-corrected chi connectivity index (χ0v) is 12.7. The van der Waals surface area contributed by atoms with Crippen LogP contribution in [-0.4, -0.2) is 16.5 Å². The van der Waals surface area contributed by atoms with Crippen molar-refractivity contribution < 1.29 is 4.39 Å². The molecule has 0 amide bonds. The molecule has 1 heterocycles. The molecular weight excluding hydrogens is 267 g/mol. The molecule has 112 valence electrons. The molecule has 3 N–H and O–H groups in total. The lowest BCUT2D eigenvalue weighted by atomic mass is 9.96. The fraction of sp³-hybridized carbons (Fsp3) is 0.375. The van der Waals surface area contributed by atoms with E-state index < -0.39 is 0 Å². The summed E-state index contributed by atoms with van der Waals surface area (Å²) in [5, 5.41) is 3.21. The van der Waals surface area contributed by atoms with Crippen molar-refractivity contribution in [3.8, 4) is 0 Å². The first-order valence-corrected chi connectivity index (χ1v) is 6.98. The monoisotopic (exact) mass is 288 g/mol. The maximum Gasteiger partial charge on any atom is 0.138 e. The van der Waals surface area contributed by atoms with E-state index in [9.17, 15) is 4.39 Å². The van der Waals surface area contributed by atoms with Gasteiger partial charge in [-0.05, 0) is 24.1 Å². The van der Waals surface area contributed by atoms with E-state index in [1.165, 1.54) is 12.1 Å². The number of nitrogens with two attached hydrogens (primary N) is 1. The first-order valence-electron chi connectivity index (χ1n) is 6.98. The normalized spacial score (nSPS) is 11.4. The number of nitrogens with one attached hydrogen (secondary N) is 1. The van der Waals surface area contributed by atoms with E-state index in [0.29, 0.717) is 30.4 Å². The van der Waals surface area contributed by atoms with Crippen molar-refractivity contribution >= 4 is 11.6 Å². The predicted molar refractivity (Wildman–Crippen MR) is 83.7 cm³/mol. The van der Waals surface area contributed by atoms with Crippen molar-refractivity contribution in [3.05, 3.63) is 47.5 Å². The number of rotatable bonds is 4. The molecule has 5 heteroatoms. The van der Waals surface area contributed by atoms with Gasteiger partial charge in [0.2, 0.25) is 0 Å². The first kappa shape index (κ1) is 15.2. The van der Waals surface area contributed by atoms with E-state index in [1.807, 2.05) is 26.8 Å². The lowest BCUT2D eigenvalue weighted by Crippen LogP contribution is -2.18. The minimum absolute atomic E-state index is 0.158.